The van der Waals surface area contributed by atoms with Crippen LogP contribution in [0.2, 0.25) is 5.02 Å². The number of halogens is 1. The Kier molecular flexibility index (Phi) is 4.30. The van der Waals surface area contributed by atoms with E-state index < -0.39 is 0 Å². The van der Waals surface area contributed by atoms with Gasteiger partial charge in [0.1, 0.15) is 5.75 Å². The van der Waals surface area contributed by atoms with Crippen molar-refractivity contribution in [3.05, 3.63) is 39.9 Å². The largest absolute Gasteiger partial charge is 0.496 e. The van der Waals surface area contributed by atoms with Crippen LogP contribution in [-0.4, -0.2) is 16.7 Å². The number of rotatable bonds is 5. The highest BCUT2D eigenvalue weighted by molar-refractivity contribution is 7.03. The second-order valence-corrected chi connectivity index (χ2v) is 4.44. The van der Waals surface area contributed by atoms with E-state index in [1.54, 1.807) is 7.11 Å². The van der Waals surface area contributed by atoms with Gasteiger partial charge in [0.15, 0.2) is 0 Å². The highest BCUT2D eigenvalue weighted by Gasteiger charge is 2.07. The van der Waals surface area contributed by atoms with E-state index in [4.69, 9.17) is 16.3 Å². The van der Waals surface area contributed by atoms with Crippen LogP contribution in [0.5, 0.6) is 5.75 Å². The quantitative estimate of drug-likeness (QED) is 0.906. The number of nitrogens with zero attached hydrogens (tertiary/aromatic N) is 2. The van der Waals surface area contributed by atoms with Crippen LogP contribution in [0.15, 0.2) is 23.6 Å². The summed E-state index contributed by atoms with van der Waals surface area (Å²) in [4.78, 5) is 0. The van der Waals surface area contributed by atoms with Crippen molar-refractivity contribution in [2.24, 2.45) is 0 Å². The molecule has 17 heavy (non-hydrogen) atoms. The number of aromatic nitrogens is 2. The summed E-state index contributed by atoms with van der Waals surface area (Å²) in [5.41, 5.74) is 1.89. The van der Waals surface area contributed by atoms with Gasteiger partial charge in [-0.2, -0.15) is 0 Å². The molecule has 0 unspecified atom stereocenters. The van der Waals surface area contributed by atoms with E-state index in [0.717, 1.165) is 17.0 Å². The third kappa shape index (κ3) is 3.15. The zero-order chi connectivity index (χ0) is 12.1. The molecule has 0 spiro atoms. The monoisotopic (exact) mass is 269 g/mol. The van der Waals surface area contributed by atoms with Crippen LogP contribution in [-0.2, 0) is 13.1 Å². The molecule has 2 rings (SSSR count). The fraction of sp³-hybridized carbons (Fsp3) is 0.273. The van der Waals surface area contributed by atoms with Gasteiger partial charge in [-0.1, -0.05) is 22.2 Å². The van der Waals surface area contributed by atoms with Crippen LogP contribution < -0.4 is 10.1 Å². The van der Waals surface area contributed by atoms with Gasteiger partial charge in [-0.05, 0) is 23.7 Å². The van der Waals surface area contributed by atoms with Crippen molar-refractivity contribution >= 4 is 23.1 Å². The van der Waals surface area contributed by atoms with Crippen LogP contribution in [0, 0.1) is 0 Å². The molecule has 0 fully saturated rings. The fourth-order valence-electron chi connectivity index (χ4n) is 1.48. The average molecular weight is 270 g/mol. The van der Waals surface area contributed by atoms with Gasteiger partial charge in [0.2, 0.25) is 0 Å². The minimum absolute atomic E-state index is 0.639. The molecule has 0 atom stereocenters. The molecule has 0 saturated carbocycles. The topological polar surface area (TPSA) is 47.0 Å². The Labute approximate surface area is 109 Å². The lowest BCUT2D eigenvalue weighted by Crippen LogP contribution is -2.14. The first-order valence-electron chi connectivity index (χ1n) is 5.09. The Balaban J connectivity index is 1.98. The highest BCUT2D eigenvalue weighted by Crippen LogP contribution is 2.25. The van der Waals surface area contributed by atoms with E-state index in [-0.39, 0.29) is 0 Å². The van der Waals surface area contributed by atoms with Crippen molar-refractivity contribution in [2.45, 2.75) is 13.1 Å². The highest BCUT2D eigenvalue weighted by atomic mass is 35.5. The first-order valence-corrected chi connectivity index (χ1v) is 6.30. The van der Waals surface area contributed by atoms with Gasteiger partial charge in [-0.3, -0.25) is 0 Å². The fourth-order valence-corrected chi connectivity index (χ4v) is 2.16. The van der Waals surface area contributed by atoms with Crippen LogP contribution >= 0.6 is 23.1 Å². The minimum atomic E-state index is 0.639. The first-order chi connectivity index (χ1) is 8.31. The van der Waals surface area contributed by atoms with Crippen molar-refractivity contribution in [3.63, 3.8) is 0 Å². The number of nitrogens with one attached hydrogen (secondary N) is 1. The lowest BCUT2D eigenvalue weighted by atomic mass is 10.2. The number of hydrogen-bond donors (Lipinski definition) is 1. The molecule has 1 heterocycles. The molecule has 0 aliphatic carbocycles. The normalized spacial score (nSPS) is 10.5. The minimum Gasteiger partial charge on any atom is -0.496 e. The second kappa shape index (κ2) is 5.95. The summed E-state index contributed by atoms with van der Waals surface area (Å²) >= 11 is 7.47. The third-order valence-electron chi connectivity index (χ3n) is 2.31. The Hall–Kier alpha value is -1.17. The SMILES string of the molecule is COc1cccc(Cl)c1CNCc1csnn1. The maximum Gasteiger partial charge on any atom is 0.124 e. The number of benzene rings is 1. The number of methoxy groups -OCH3 is 1. The van der Waals surface area contributed by atoms with Crippen molar-refractivity contribution in [1.29, 1.82) is 0 Å². The molecule has 0 amide bonds. The summed E-state index contributed by atoms with van der Waals surface area (Å²) < 4.78 is 9.06. The molecule has 6 heteroatoms. The molecule has 1 aromatic heterocycles. The predicted octanol–water partition coefficient (Wildman–Crippen LogP) is 2.49. The van der Waals surface area contributed by atoms with E-state index in [1.807, 2.05) is 23.6 Å². The molecule has 0 saturated heterocycles. The van der Waals surface area contributed by atoms with Gasteiger partial charge < -0.3 is 10.1 Å². The maximum atomic E-state index is 6.12. The Bertz CT molecular complexity index is 476. The molecule has 1 N–H and O–H groups in total. The van der Waals surface area contributed by atoms with Crippen LogP contribution in [0.1, 0.15) is 11.3 Å². The van der Waals surface area contributed by atoms with E-state index in [2.05, 4.69) is 14.9 Å². The van der Waals surface area contributed by atoms with Crippen LogP contribution in [0.3, 0.4) is 0 Å². The summed E-state index contributed by atoms with van der Waals surface area (Å²) in [6, 6.07) is 5.62. The van der Waals surface area contributed by atoms with Gasteiger partial charge in [0.25, 0.3) is 0 Å². The predicted molar refractivity (Wildman–Crippen MR) is 68.5 cm³/mol. The van der Waals surface area contributed by atoms with Crippen molar-refractivity contribution in [3.8, 4) is 5.75 Å². The van der Waals surface area contributed by atoms with E-state index in [0.29, 0.717) is 18.1 Å². The summed E-state index contributed by atoms with van der Waals surface area (Å²) in [5, 5.41) is 9.83. The Morgan fingerprint density at radius 3 is 3.00 bits per heavy atom. The van der Waals surface area contributed by atoms with Crippen LogP contribution in [0.25, 0.3) is 0 Å². The summed E-state index contributed by atoms with van der Waals surface area (Å²) in [6.07, 6.45) is 0. The van der Waals surface area contributed by atoms with Gasteiger partial charge in [-0.15, -0.1) is 5.10 Å². The van der Waals surface area contributed by atoms with Gasteiger partial charge in [0, 0.05) is 29.1 Å². The van der Waals surface area contributed by atoms with Gasteiger partial charge >= 0.3 is 0 Å². The molecule has 90 valence electrons. The van der Waals surface area contributed by atoms with Crippen molar-refractivity contribution in [1.82, 2.24) is 14.9 Å². The smallest absolute Gasteiger partial charge is 0.124 e. The zero-order valence-corrected chi connectivity index (χ0v) is 10.9. The van der Waals surface area contributed by atoms with Gasteiger partial charge in [0.05, 0.1) is 12.8 Å². The molecular weight excluding hydrogens is 258 g/mol. The number of hydrogen-bond acceptors (Lipinski definition) is 5. The summed E-state index contributed by atoms with van der Waals surface area (Å²) in [6.45, 7) is 1.31. The summed E-state index contributed by atoms with van der Waals surface area (Å²) in [5.74, 6) is 0.793. The van der Waals surface area contributed by atoms with Crippen LogP contribution in [0.4, 0.5) is 0 Å². The molecule has 4 nitrogen and oxygen atoms in total. The van der Waals surface area contributed by atoms with E-state index >= 15 is 0 Å². The summed E-state index contributed by atoms with van der Waals surface area (Å²) in [7, 11) is 1.64. The second-order valence-electron chi connectivity index (χ2n) is 3.42. The molecule has 0 bridgehead atoms. The van der Waals surface area contributed by atoms with E-state index in [1.165, 1.54) is 11.5 Å². The first kappa shape index (κ1) is 12.3. The van der Waals surface area contributed by atoms with Crippen molar-refractivity contribution in [2.75, 3.05) is 7.11 Å². The van der Waals surface area contributed by atoms with Crippen molar-refractivity contribution < 1.29 is 4.74 Å². The molecule has 0 radical (unpaired) electrons. The lowest BCUT2D eigenvalue weighted by molar-refractivity contribution is 0.407. The lowest BCUT2D eigenvalue weighted by Gasteiger charge is -2.10. The Morgan fingerprint density at radius 1 is 1.41 bits per heavy atom. The maximum absolute atomic E-state index is 6.12. The average Bonchev–Trinajstić information content (AvgIpc) is 2.84. The molecule has 2 aromatic rings. The molecule has 0 aliphatic rings. The number of ether oxygens (including phenoxy) is 1. The van der Waals surface area contributed by atoms with E-state index in [9.17, 15) is 0 Å². The Morgan fingerprint density at radius 2 is 2.29 bits per heavy atom. The molecule has 1 aromatic carbocycles. The molecular formula is C11H12ClN3OS. The standard InChI is InChI=1S/C11H12ClN3OS/c1-16-11-4-2-3-10(12)9(11)6-13-5-8-7-17-15-14-8/h2-4,7,13H,5-6H2,1H3. The third-order valence-corrected chi connectivity index (χ3v) is 3.22. The zero-order valence-electron chi connectivity index (χ0n) is 9.31. The van der Waals surface area contributed by atoms with Gasteiger partial charge in [-0.25, -0.2) is 0 Å². The molecule has 0 aliphatic heterocycles.